The minimum absolute atomic E-state index is 0.181. The van der Waals surface area contributed by atoms with Crippen LogP contribution in [-0.4, -0.2) is 50.5 Å². The third-order valence-electron chi connectivity index (χ3n) is 5.72. The first kappa shape index (κ1) is 27.7. The molecule has 0 saturated carbocycles. The van der Waals surface area contributed by atoms with Crippen LogP contribution in [0, 0.1) is 13.8 Å². The van der Waals surface area contributed by atoms with E-state index in [9.17, 15) is 18.0 Å². The fourth-order valence-corrected chi connectivity index (χ4v) is 4.60. The molecule has 0 heterocycles. The monoisotopic (exact) mass is 507 g/mol. The molecule has 0 bridgehead atoms. The fraction of sp³-hybridized carbons (Fsp3) is 0.440. The Hall–Kier alpha value is -2.58. The molecule has 7 nitrogen and oxygen atoms in total. The van der Waals surface area contributed by atoms with Crippen molar-refractivity contribution in [1.29, 1.82) is 0 Å². The van der Waals surface area contributed by atoms with E-state index in [1.165, 1.54) is 11.0 Å². The van der Waals surface area contributed by atoms with Crippen LogP contribution in [0.4, 0.5) is 5.69 Å². The smallest absolute Gasteiger partial charge is 0.244 e. The molecule has 2 rings (SSSR count). The summed E-state index contributed by atoms with van der Waals surface area (Å²) in [6.07, 6.45) is 2.82. The summed E-state index contributed by atoms with van der Waals surface area (Å²) < 4.78 is 26.4. The van der Waals surface area contributed by atoms with Gasteiger partial charge in [-0.25, -0.2) is 8.42 Å². The number of anilines is 1. The van der Waals surface area contributed by atoms with Gasteiger partial charge in [0.15, 0.2) is 0 Å². The maximum atomic E-state index is 13.6. The van der Waals surface area contributed by atoms with Crippen LogP contribution in [0.3, 0.4) is 0 Å². The molecule has 0 aliphatic heterocycles. The van der Waals surface area contributed by atoms with Crippen molar-refractivity contribution < 1.29 is 18.0 Å². The van der Waals surface area contributed by atoms with Crippen molar-refractivity contribution >= 4 is 39.1 Å². The number of rotatable bonds is 11. The number of carbonyl (C=O) groups excluding carboxylic acids is 2. The molecular formula is C25H34ClN3O4S. The number of hydrogen-bond acceptors (Lipinski definition) is 4. The number of nitrogens with zero attached hydrogens (tertiary/aromatic N) is 2. The lowest BCUT2D eigenvalue weighted by Crippen LogP contribution is -2.51. The molecule has 0 spiro atoms. The lowest BCUT2D eigenvalue weighted by molar-refractivity contribution is -0.139. The Balaban J connectivity index is 2.41. The first-order valence-corrected chi connectivity index (χ1v) is 13.5. The van der Waals surface area contributed by atoms with Gasteiger partial charge < -0.3 is 10.2 Å². The van der Waals surface area contributed by atoms with Crippen molar-refractivity contribution in [3.63, 3.8) is 0 Å². The zero-order chi connectivity index (χ0) is 25.5. The molecule has 0 aliphatic carbocycles. The molecule has 0 radical (unpaired) electrons. The predicted octanol–water partition coefficient (Wildman–Crippen LogP) is 4.06. The highest BCUT2D eigenvalue weighted by Gasteiger charge is 2.30. The largest absolute Gasteiger partial charge is 0.354 e. The lowest BCUT2D eigenvalue weighted by atomic mass is 10.1. The summed E-state index contributed by atoms with van der Waals surface area (Å²) in [6.45, 7) is 7.63. The Morgan fingerprint density at radius 1 is 1.09 bits per heavy atom. The van der Waals surface area contributed by atoms with Gasteiger partial charge in [0.25, 0.3) is 0 Å². The molecule has 2 aromatic rings. The van der Waals surface area contributed by atoms with Crippen molar-refractivity contribution in [1.82, 2.24) is 10.2 Å². The van der Waals surface area contributed by atoms with E-state index in [1.54, 1.807) is 26.0 Å². The van der Waals surface area contributed by atoms with E-state index in [1.807, 2.05) is 38.1 Å². The summed E-state index contributed by atoms with van der Waals surface area (Å²) in [5, 5.41) is 3.23. The Bertz CT molecular complexity index is 1120. The molecule has 0 fully saturated rings. The standard InChI is InChI=1S/C25H34ClN3O4S/c1-6-7-14-27-25(31)20(4)28(16-21-11-9-8-10-18(21)2)24(30)17-29(34(5,32)33)23-15-22(26)13-12-19(23)3/h8-13,15,20H,6-7,14,16-17H2,1-5H3,(H,27,31)/t20-/m0/s1. The second-order valence-corrected chi connectivity index (χ2v) is 10.8. The van der Waals surface area contributed by atoms with Gasteiger partial charge in [-0.15, -0.1) is 0 Å². The predicted molar refractivity (Wildman–Crippen MR) is 137 cm³/mol. The van der Waals surface area contributed by atoms with Gasteiger partial charge in [0, 0.05) is 18.1 Å². The van der Waals surface area contributed by atoms with Crippen LogP contribution < -0.4 is 9.62 Å². The summed E-state index contributed by atoms with van der Waals surface area (Å²) in [7, 11) is -3.80. The number of hydrogen-bond donors (Lipinski definition) is 1. The van der Waals surface area contributed by atoms with Crippen molar-refractivity contribution in [3.05, 3.63) is 64.2 Å². The van der Waals surface area contributed by atoms with E-state index >= 15 is 0 Å². The number of sulfonamides is 1. The van der Waals surface area contributed by atoms with Gasteiger partial charge >= 0.3 is 0 Å². The molecule has 2 amide bonds. The first-order valence-electron chi connectivity index (χ1n) is 11.3. The molecule has 1 N–H and O–H groups in total. The molecule has 186 valence electrons. The van der Waals surface area contributed by atoms with Gasteiger partial charge in [-0.2, -0.15) is 0 Å². The van der Waals surface area contributed by atoms with E-state index in [2.05, 4.69) is 5.32 Å². The van der Waals surface area contributed by atoms with Gasteiger partial charge in [-0.05, 0) is 56.0 Å². The van der Waals surface area contributed by atoms with Crippen LogP contribution in [0.5, 0.6) is 0 Å². The number of amides is 2. The van der Waals surface area contributed by atoms with Crippen molar-refractivity contribution in [2.75, 3.05) is 23.7 Å². The number of carbonyl (C=O) groups is 2. The second-order valence-electron chi connectivity index (χ2n) is 8.47. The molecule has 0 aliphatic rings. The molecular weight excluding hydrogens is 474 g/mol. The highest BCUT2D eigenvalue weighted by molar-refractivity contribution is 7.92. The van der Waals surface area contributed by atoms with Crippen LogP contribution in [-0.2, 0) is 26.2 Å². The molecule has 34 heavy (non-hydrogen) atoms. The first-order chi connectivity index (χ1) is 16.0. The third kappa shape index (κ3) is 7.46. The quantitative estimate of drug-likeness (QED) is 0.465. The number of unbranched alkanes of at least 4 members (excludes halogenated alkanes) is 1. The molecule has 0 saturated heterocycles. The van der Waals surface area contributed by atoms with Crippen LogP contribution in [0.15, 0.2) is 42.5 Å². The van der Waals surface area contributed by atoms with E-state index in [0.717, 1.165) is 34.5 Å². The summed E-state index contributed by atoms with van der Waals surface area (Å²) in [4.78, 5) is 27.8. The van der Waals surface area contributed by atoms with Crippen molar-refractivity contribution in [2.45, 2.75) is 53.1 Å². The van der Waals surface area contributed by atoms with Gasteiger partial charge in [-0.3, -0.25) is 13.9 Å². The lowest BCUT2D eigenvalue weighted by Gasteiger charge is -2.32. The Morgan fingerprint density at radius 2 is 1.76 bits per heavy atom. The van der Waals surface area contributed by atoms with Crippen molar-refractivity contribution in [3.8, 4) is 0 Å². The number of benzene rings is 2. The van der Waals surface area contributed by atoms with E-state index in [4.69, 9.17) is 11.6 Å². The van der Waals surface area contributed by atoms with Gasteiger partial charge in [-0.1, -0.05) is 55.3 Å². The SMILES string of the molecule is CCCCNC(=O)[C@H](C)N(Cc1ccccc1C)C(=O)CN(c1cc(Cl)ccc1C)S(C)(=O)=O. The van der Waals surface area contributed by atoms with E-state index in [-0.39, 0.29) is 12.5 Å². The minimum Gasteiger partial charge on any atom is -0.354 e. The Morgan fingerprint density at radius 3 is 2.38 bits per heavy atom. The number of halogens is 1. The summed E-state index contributed by atoms with van der Waals surface area (Å²) >= 11 is 6.12. The van der Waals surface area contributed by atoms with Crippen molar-refractivity contribution in [2.24, 2.45) is 0 Å². The third-order valence-corrected chi connectivity index (χ3v) is 7.08. The average molecular weight is 508 g/mol. The minimum atomic E-state index is -3.80. The summed E-state index contributed by atoms with van der Waals surface area (Å²) in [6, 6.07) is 11.7. The topological polar surface area (TPSA) is 86.8 Å². The highest BCUT2D eigenvalue weighted by atomic mass is 35.5. The van der Waals surface area contributed by atoms with Gasteiger partial charge in [0.1, 0.15) is 12.6 Å². The van der Waals surface area contributed by atoms with E-state index in [0.29, 0.717) is 22.8 Å². The maximum Gasteiger partial charge on any atom is 0.244 e. The zero-order valence-electron chi connectivity index (χ0n) is 20.5. The fourth-order valence-electron chi connectivity index (χ4n) is 3.54. The van der Waals surface area contributed by atoms with E-state index < -0.39 is 28.5 Å². The Kier molecular flexibility index (Phi) is 9.94. The second kappa shape index (κ2) is 12.2. The van der Waals surface area contributed by atoms with Crippen LogP contribution in [0.2, 0.25) is 5.02 Å². The van der Waals surface area contributed by atoms with Crippen LogP contribution in [0.25, 0.3) is 0 Å². The normalized spacial score (nSPS) is 12.2. The molecule has 2 aromatic carbocycles. The average Bonchev–Trinajstić information content (AvgIpc) is 2.77. The molecule has 0 aromatic heterocycles. The van der Waals surface area contributed by atoms with Crippen LogP contribution in [0.1, 0.15) is 43.4 Å². The van der Waals surface area contributed by atoms with Gasteiger partial charge in [0.05, 0.1) is 11.9 Å². The highest BCUT2D eigenvalue weighted by Crippen LogP contribution is 2.27. The molecule has 9 heteroatoms. The summed E-state index contributed by atoms with van der Waals surface area (Å²) in [5.41, 5.74) is 2.86. The Labute approximate surface area is 208 Å². The van der Waals surface area contributed by atoms with Crippen LogP contribution >= 0.6 is 11.6 Å². The molecule has 0 unspecified atom stereocenters. The molecule has 1 atom stereocenters. The maximum absolute atomic E-state index is 13.6. The van der Waals surface area contributed by atoms with Gasteiger partial charge in [0.2, 0.25) is 21.8 Å². The number of aryl methyl sites for hydroxylation is 2. The zero-order valence-corrected chi connectivity index (χ0v) is 22.0. The number of nitrogens with one attached hydrogen (secondary N) is 1. The summed E-state index contributed by atoms with van der Waals surface area (Å²) in [5.74, 6) is -0.758.